The summed E-state index contributed by atoms with van der Waals surface area (Å²) in [7, 11) is -3.49. The Morgan fingerprint density at radius 3 is 2.75 bits per heavy atom. The Morgan fingerprint density at radius 2 is 2.05 bits per heavy atom. The van der Waals surface area contributed by atoms with Gasteiger partial charge in [-0.1, -0.05) is 25.3 Å². The summed E-state index contributed by atoms with van der Waals surface area (Å²) >= 11 is 1.21. The van der Waals surface area contributed by atoms with Crippen molar-refractivity contribution in [3.63, 3.8) is 0 Å². The lowest BCUT2D eigenvalue weighted by molar-refractivity contribution is 0.333. The molecule has 0 aromatic carbocycles. The van der Waals surface area contributed by atoms with Gasteiger partial charge in [-0.15, -0.1) is 11.3 Å². The second kappa shape index (κ2) is 5.57. The van der Waals surface area contributed by atoms with E-state index in [1.807, 2.05) is 4.68 Å². The van der Waals surface area contributed by atoms with Crippen LogP contribution in [0.25, 0.3) is 0 Å². The van der Waals surface area contributed by atoms with E-state index in [0.29, 0.717) is 16.1 Å². The molecule has 0 spiro atoms. The van der Waals surface area contributed by atoms with Gasteiger partial charge in [-0.3, -0.25) is 4.72 Å². The highest BCUT2D eigenvalue weighted by Crippen LogP contribution is 2.30. The van der Waals surface area contributed by atoms with Crippen LogP contribution in [-0.4, -0.2) is 18.2 Å². The molecule has 3 rings (SSSR count). The summed E-state index contributed by atoms with van der Waals surface area (Å²) < 4.78 is 29.3. The first-order valence-corrected chi connectivity index (χ1v) is 9.13. The van der Waals surface area contributed by atoms with Crippen LogP contribution in [-0.2, 0) is 10.0 Å². The van der Waals surface area contributed by atoms with Gasteiger partial charge in [0, 0.05) is 6.07 Å². The first kappa shape index (κ1) is 13.6. The molecule has 0 radical (unpaired) electrons. The molecular weight excluding hydrogens is 294 g/mol. The number of rotatable bonds is 4. The number of nitrogens with zero attached hydrogens (tertiary/aromatic N) is 2. The van der Waals surface area contributed by atoms with Crippen LogP contribution in [0.5, 0.6) is 0 Å². The highest BCUT2D eigenvalue weighted by molar-refractivity contribution is 7.94. The maximum absolute atomic E-state index is 12.3. The molecule has 0 saturated heterocycles. The summed E-state index contributed by atoms with van der Waals surface area (Å²) in [6, 6.07) is 5.37. The van der Waals surface area contributed by atoms with E-state index in [4.69, 9.17) is 0 Å². The molecule has 2 aromatic heterocycles. The van der Waals surface area contributed by atoms with E-state index in [0.717, 1.165) is 12.8 Å². The Morgan fingerprint density at radius 1 is 1.25 bits per heavy atom. The van der Waals surface area contributed by atoms with Crippen molar-refractivity contribution in [2.75, 3.05) is 4.72 Å². The van der Waals surface area contributed by atoms with E-state index in [1.165, 1.54) is 30.6 Å². The summed E-state index contributed by atoms with van der Waals surface area (Å²) in [6.07, 6.45) is 7.41. The van der Waals surface area contributed by atoms with Crippen molar-refractivity contribution in [2.45, 2.75) is 42.4 Å². The SMILES string of the molecule is O=S(=O)(Nc1ccnn1C1CCCCC1)c1cccs1. The van der Waals surface area contributed by atoms with Crippen LogP contribution >= 0.6 is 11.3 Å². The van der Waals surface area contributed by atoms with E-state index in [-0.39, 0.29) is 0 Å². The van der Waals surface area contributed by atoms with Gasteiger partial charge in [0.05, 0.1) is 12.2 Å². The number of aromatic nitrogens is 2. The smallest absolute Gasteiger partial charge is 0.263 e. The maximum atomic E-state index is 12.3. The molecule has 1 saturated carbocycles. The maximum Gasteiger partial charge on any atom is 0.272 e. The first-order valence-electron chi connectivity index (χ1n) is 6.77. The minimum absolute atomic E-state index is 0.305. The van der Waals surface area contributed by atoms with Gasteiger partial charge in [0.15, 0.2) is 0 Å². The Balaban J connectivity index is 1.83. The molecule has 1 aliphatic carbocycles. The predicted molar refractivity (Wildman–Crippen MR) is 79.5 cm³/mol. The number of anilines is 1. The minimum atomic E-state index is -3.49. The monoisotopic (exact) mass is 311 g/mol. The Hall–Kier alpha value is -1.34. The molecule has 1 aliphatic rings. The van der Waals surface area contributed by atoms with Crippen LogP contribution in [0.4, 0.5) is 5.82 Å². The predicted octanol–water partition coefficient (Wildman–Crippen LogP) is 3.25. The normalized spacial score (nSPS) is 17.2. The lowest BCUT2D eigenvalue weighted by atomic mass is 9.96. The molecule has 0 bridgehead atoms. The zero-order valence-corrected chi connectivity index (χ0v) is 12.7. The van der Waals surface area contributed by atoms with Gasteiger partial charge in [-0.05, 0) is 24.3 Å². The molecule has 0 aliphatic heterocycles. The number of thiophene rings is 1. The topological polar surface area (TPSA) is 64.0 Å². The van der Waals surface area contributed by atoms with E-state index >= 15 is 0 Å². The molecule has 1 N–H and O–H groups in total. The fourth-order valence-electron chi connectivity index (χ4n) is 2.62. The van der Waals surface area contributed by atoms with Crippen LogP contribution in [0.2, 0.25) is 0 Å². The summed E-state index contributed by atoms with van der Waals surface area (Å²) in [5.41, 5.74) is 0. The Labute approximate surface area is 122 Å². The third-order valence-corrected chi connectivity index (χ3v) is 6.34. The summed E-state index contributed by atoms with van der Waals surface area (Å²) in [5, 5.41) is 6.06. The summed E-state index contributed by atoms with van der Waals surface area (Å²) in [5.74, 6) is 0.560. The molecule has 20 heavy (non-hydrogen) atoms. The molecule has 7 heteroatoms. The zero-order chi connectivity index (χ0) is 14.0. The summed E-state index contributed by atoms with van der Waals surface area (Å²) in [6.45, 7) is 0. The number of hydrogen-bond donors (Lipinski definition) is 1. The number of hydrogen-bond acceptors (Lipinski definition) is 4. The summed E-state index contributed by atoms with van der Waals surface area (Å²) in [4.78, 5) is 0. The van der Waals surface area contributed by atoms with Crippen molar-refractivity contribution >= 4 is 27.2 Å². The van der Waals surface area contributed by atoms with E-state index in [9.17, 15) is 8.42 Å². The molecular formula is C13H17N3O2S2. The lowest BCUT2D eigenvalue weighted by Crippen LogP contribution is -2.20. The molecule has 0 amide bonds. The van der Waals surface area contributed by atoms with Crippen molar-refractivity contribution < 1.29 is 8.42 Å². The van der Waals surface area contributed by atoms with E-state index in [2.05, 4.69) is 9.82 Å². The second-order valence-electron chi connectivity index (χ2n) is 4.99. The molecule has 0 atom stereocenters. The Kier molecular flexibility index (Phi) is 3.80. The minimum Gasteiger partial charge on any atom is -0.263 e. The first-order chi connectivity index (χ1) is 9.67. The molecule has 2 heterocycles. The van der Waals surface area contributed by atoms with Crippen molar-refractivity contribution in [3.8, 4) is 0 Å². The largest absolute Gasteiger partial charge is 0.272 e. The van der Waals surface area contributed by atoms with Gasteiger partial charge >= 0.3 is 0 Å². The van der Waals surface area contributed by atoms with Crippen LogP contribution in [0.3, 0.4) is 0 Å². The van der Waals surface area contributed by atoms with Crippen molar-refractivity contribution in [1.29, 1.82) is 0 Å². The molecule has 1 fully saturated rings. The van der Waals surface area contributed by atoms with Gasteiger partial charge in [0.2, 0.25) is 0 Å². The average molecular weight is 311 g/mol. The third-order valence-electron chi connectivity index (χ3n) is 3.59. The molecule has 2 aromatic rings. The van der Waals surface area contributed by atoms with Crippen LogP contribution < -0.4 is 4.72 Å². The Bertz CT molecular complexity index is 656. The van der Waals surface area contributed by atoms with Gasteiger partial charge < -0.3 is 0 Å². The van der Waals surface area contributed by atoms with Gasteiger partial charge in [-0.2, -0.15) is 5.10 Å². The lowest BCUT2D eigenvalue weighted by Gasteiger charge is -2.23. The standard InChI is InChI=1S/C13H17N3O2S2/c17-20(18,13-7-4-10-19-13)15-12-8-9-14-16(12)11-5-2-1-3-6-11/h4,7-11,15H,1-3,5-6H2. The van der Waals surface area contributed by atoms with Crippen molar-refractivity contribution in [3.05, 3.63) is 29.8 Å². The second-order valence-corrected chi connectivity index (χ2v) is 7.85. The quantitative estimate of drug-likeness (QED) is 0.942. The average Bonchev–Trinajstić information content (AvgIpc) is 3.10. The van der Waals surface area contributed by atoms with Gasteiger partial charge in [0.1, 0.15) is 10.0 Å². The molecule has 108 valence electrons. The zero-order valence-electron chi connectivity index (χ0n) is 11.0. The van der Waals surface area contributed by atoms with Crippen LogP contribution in [0.15, 0.2) is 34.0 Å². The number of sulfonamides is 1. The van der Waals surface area contributed by atoms with Gasteiger partial charge in [-0.25, -0.2) is 13.1 Å². The fraction of sp³-hybridized carbons (Fsp3) is 0.462. The number of nitrogens with one attached hydrogen (secondary N) is 1. The van der Waals surface area contributed by atoms with Crippen LogP contribution in [0.1, 0.15) is 38.1 Å². The van der Waals surface area contributed by atoms with E-state index < -0.39 is 10.0 Å². The third kappa shape index (κ3) is 2.73. The van der Waals surface area contributed by atoms with E-state index in [1.54, 1.807) is 29.8 Å². The van der Waals surface area contributed by atoms with Crippen LogP contribution in [0, 0.1) is 0 Å². The highest BCUT2D eigenvalue weighted by atomic mass is 32.2. The molecule has 5 nitrogen and oxygen atoms in total. The van der Waals surface area contributed by atoms with Crippen molar-refractivity contribution in [2.24, 2.45) is 0 Å². The van der Waals surface area contributed by atoms with Crippen molar-refractivity contribution in [1.82, 2.24) is 9.78 Å². The van der Waals surface area contributed by atoms with Gasteiger partial charge in [0.25, 0.3) is 10.0 Å². The molecule has 0 unspecified atom stereocenters. The highest BCUT2D eigenvalue weighted by Gasteiger charge is 2.22. The fourth-order valence-corrected chi connectivity index (χ4v) is 4.66.